The number of aliphatic carboxylic acids is 1. The fraction of sp³-hybridized carbons (Fsp3) is 0.300. The van der Waals surface area contributed by atoms with Crippen LogP contribution in [0.1, 0.15) is 12.2 Å². The van der Waals surface area contributed by atoms with Gasteiger partial charge >= 0.3 is 5.97 Å². The van der Waals surface area contributed by atoms with Gasteiger partial charge in [0.15, 0.2) is 0 Å². The van der Waals surface area contributed by atoms with Gasteiger partial charge in [-0.25, -0.2) is 0 Å². The number of nitrogens with one attached hydrogen (secondary N) is 1. The number of carbonyl (C=O) groups excluding carboxylic acids is 1. The van der Waals surface area contributed by atoms with E-state index in [9.17, 15) is 14.7 Å². The van der Waals surface area contributed by atoms with Gasteiger partial charge in [-0.05, 0) is 49.4 Å². The first-order valence-electron chi connectivity index (χ1n) is 8.42. The lowest BCUT2D eigenvalue weighted by Gasteiger charge is -2.23. The summed E-state index contributed by atoms with van der Waals surface area (Å²) in [7, 11) is 0. The van der Waals surface area contributed by atoms with Gasteiger partial charge in [0.1, 0.15) is 11.5 Å². The molecule has 1 amide bonds. The normalized spacial score (nSPS) is 26.8. The first kappa shape index (κ1) is 15.7. The average molecular weight is 337 g/mol. The molecule has 5 heteroatoms. The van der Waals surface area contributed by atoms with Crippen molar-refractivity contribution in [2.75, 3.05) is 5.32 Å². The smallest absolute Gasteiger partial charge is 0.307 e. The van der Waals surface area contributed by atoms with Crippen LogP contribution in [0.3, 0.4) is 0 Å². The topological polar surface area (TPSA) is 79.5 Å². The van der Waals surface area contributed by atoms with Crippen LogP contribution in [0.5, 0.6) is 0 Å². The Morgan fingerprint density at radius 3 is 2.56 bits per heavy atom. The molecule has 0 saturated heterocycles. The summed E-state index contributed by atoms with van der Waals surface area (Å²) in [4.78, 5) is 24.3. The second-order valence-corrected chi connectivity index (χ2v) is 6.82. The van der Waals surface area contributed by atoms with Crippen molar-refractivity contribution in [1.82, 2.24) is 0 Å². The highest BCUT2D eigenvalue weighted by atomic mass is 16.4. The van der Waals surface area contributed by atoms with Crippen molar-refractivity contribution in [2.24, 2.45) is 23.7 Å². The number of amides is 1. The Hall–Kier alpha value is -2.82. The molecule has 1 aromatic heterocycles. The molecule has 0 radical (unpaired) electrons. The summed E-state index contributed by atoms with van der Waals surface area (Å²) in [5.41, 5.74) is 1.51. The van der Waals surface area contributed by atoms with E-state index in [0.29, 0.717) is 5.69 Å². The Bertz CT molecular complexity index is 866. The Morgan fingerprint density at radius 1 is 1.12 bits per heavy atom. The number of aryl methyl sites for hydroxylation is 1. The average Bonchev–Trinajstić information content (AvgIpc) is 3.30. The monoisotopic (exact) mass is 337 g/mol. The zero-order valence-electron chi connectivity index (χ0n) is 13.8. The van der Waals surface area contributed by atoms with Gasteiger partial charge in [-0.1, -0.05) is 24.3 Å². The van der Waals surface area contributed by atoms with Gasteiger partial charge < -0.3 is 14.8 Å². The molecule has 0 aliphatic heterocycles. The Labute approximate surface area is 145 Å². The first-order valence-corrected chi connectivity index (χ1v) is 8.42. The number of fused-ring (bicyclic) bond motifs is 2. The van der Waals surface area contributed by atoms with E-state index >= 15 is 0 Å². The molecule has 1 heterocycles. The van der Waals surface area contributed by atoms with Crippen molar-refractivity contribution in [3.05, 3.63) is 54.3 Å². The van der Waals surface area contributed by atoms with Gasteiger partial charge in [-0.3, -0.25) is 9.59 Å². The van der Waals surface area contributed by atoms with E-state index in [1.165, 1.54) is 0 Å². The number of hydrogen-bond acceptors (Lipinski definition) is 3. The third-order valence-corrected chi connectivity index (χ3v) is 5.20. The first-order chi connectivity index (χ1) is 12.0. The van der Waals surface area contributed by atoms with E-state index in [4.69, 9.17) is 4.42 Å². The van der Waals surface area contributed by atoms with Gasteiger partial charge in [-0.15, -0.1) is 0 Å². The highest BCUT2D eigenvalue weighted by molar-refractivity contribution is 5.96. The summed E-state index contributed by atoms with van der Waals surface area (Å²) in [5, 5.41) is 12.4. The SMILES string of the molecule is Cc1ccc(-c2cccc(NC(=O)[C@@H]3[C@@H](C(=O)O)[C@H]4C=C[C@@H]3C4)c2)o1. The standard InChI is InChI=1S/C20H19NO4/c1-11-5-8-16(25-11)12-3-2-4-15(10-12)21-19(22)17-13-6-7-14(9-13)18(17)20(23)24/h2-8,10,13-14,17-18H,9H2,1H3,(H,21,22)(H,23,24)/t13-,14+,17+,18+/m1/s1. The van der Waals surface area contributed by atoms with Crippen LogP contribution in [0, 0.1) is 30.6 Å². The number of rotatable bonds is 4. The van der Waals surface area contributed by atoms with E-state index in [2.05, 4.69) is 5.32 Å². The maximum absolute atomic E-state index is 12.7. The van der Waals surface area contributed by atoms with E-state index in [-0.39, 0.29) is 17.7 Å². The molecule has 128 valence electrons. The summed E-state index contributed by atoms with van der Waals surface area (Å²) >= 11 is 0. The molecule has 2 aliphatic carbocycles. The summed E-state index contributed by atoms with van der Waals surface area (Å²) in [5.74, 6) is -0.721. The predicted octanol–water partition coefficient (Wildman–Crippen LogP) is 3.72. The van der Waals surface area contributed by atoms with Gasteiger partial charge in [0.2, 0.25) is 5.91 Å². The lowest BCUT2D eigenvalue weighted by molar-refractivity contribution is -0.146. The van der Waals surface area contributed by atoms with Crippen LogP contribution in [0.25, 0.3) is 11.3 Å². The third kappa shape index (κ3) is 2.76. The van der Waals surface area contributed by atoms with E-state index in [1.807, 2.05) is 49.4 Å². The fourth-order valence-electron chi connectivity index (χ4n) is 4.08. The van der Waals surface area contributed by atoms with Gasteiger partial charge in [0, 0.05) is 11.3 Å². The third-order valence-electron chi connectivity index (χ3n) is 5.20. The predicted molar refractivity (Wildman–Crippen MR) is 92.9 cm³/mol. The minimum absolute atomic E-state index is 0.0157. The molecule has 1 fully saturated rings. The molecule has 0 unspecified atom stereocenters. The number of furan rings is 1. The van der Waals surface area contributed by atoms with Crippen LogP contribution < -0.4 is 5.32 Å². The summed E-state index contributed by atoms with van der Waals surface area (Å²) < 4.78 is 5.62. The number of anilines is 1. The molecular weight excluding hydrogens is 318 g/mol. The zero-order chi connectivity index (χ0) is 17.6. The van der Waals surface area contributed by atoms with Crippen LogP contribution in [0.15, 0.2) is 53.0 Å². The number of carboxylic acids is 1. The Kier molecular flexibility index (Phi) is 3.71. The minimum atomic E-state index is -0.892. The maximum atomic E-state index is 12.7. The lowest BCUT2D eigenvalue weighted by atomic mass is 9.82. The zero-order valence-corrected chi connectivity index (χ0v) is 13.8. The van der Waals surface area contributed by atoms with Crippen LogP contribution in [-0.2, 0) is 9.59 Å². The highest BCUT2D eigenvalue weighted by Gasteiger charge is 2.51. The van der Waals surface area contributed by atoms with Crippen molar-refractivity contribution in [3.8, 4) is 11.3 Å². The molecule has 25 heavy (non-hydrogen) atoms. The minimum Gasteiger partial charge on any atom is -0.481 e. The van der Waals surface area contributed by atoms with Crippen molar-refractivity contribution in [1.29, 1.82) is 0 Å². The second kappa shape index (κ2) is 5.92. The highest BCUT2D eigenvalue weighted by Crippen LogP contribution is 2.48. The molecule has 2 bridgehead atoms. The molecule has 2 aliphatic rings. The number of benzene rings is 1. The number of allylic oxidation sites excluding steroid dienone is 2. The Balaban J connectivity index is 1.55. The van der Waals surface area contributed by atoms with E-state index < -0.39 is 17.8 Å². The fourth-order valence-corrected chi connectivity index (χ4v) is 4.08. The van der Waals surface area contributed by atoms with Crippen LogP contribution in [0.2, 0.25) is 0 Å². The molecule has 1 aromatic carbocycles. The van der Waals surface area contributed by atoms with Crippen molar-refractivity contribution in [2.45, 2.75) is 13.3 Å². The molecule has 2 N–H and O–H groups in total. The van der Waals surface area contributed by atoms with Gasteiger partial charge in [0.05, 0.1) is 11.8 Å². The number of carboxylic acid groups (broad SMARTS) is 1. The van der Waals surface area contributed by atoms with Crippen molar-refractivity contribution >= 4 is 17.6 Å². The van der Waals surface area contributed by atoms with Gasteiger partial charge in [0.25, 0.3) is 0 Å². The lowest BCUT2D eigenvalue weighted by Crippen LogP contribution is -2.36. The maximum Gasteiger partial charge on any atom is 0.307 e. The summed E-state index contributed by atoms with van der Waals surface area (Å²) in [6, 6.07) is 11.2. The van der Waals surface area contributed by atoms with Gasteiger partial charge in [-0.2, -0.15) is 0 Å². The largest absolute Gasteiger partial charge is 0.481 e. The Morgan fingerprint density at radius 2 is 1.88 bits per heavy atom. The van der Waals surface area contributed by atoms with Crippen LogP contribution >= 0.6 is 0 Å². The molecule has 2 aromatic rings. The number of carbonyl (C=O) groups is 2. The molecule has 4 atom stereocenters. The molecular formula is C20H19NO4. The molecule has 4 rings (SSSR count). The van der Waals surface area contributed by atoms with E-state index in [0.717, 1.165) is 23.5 Å². The number of hydrogen-bond donors (Lipinski definition) is 2. The summed E-state index contributed by atoms with van der Waals surface area (Å²) in [6.45, 7) is 1.88. The molecule has 5 nitrogen and oxygen atoms in total. The quantitative estimate of drug-likeness (QED) is 0.834. The second-order valence-electron chi connectivity index (χ2n) is 6.82. The van der Waals surface area contributed by atoms with E-state index in [1.54, 1.807) is 6.07 Å². The van der Waals surface area contributed by atoms with Crippen molar-refractivity contribution < 1.29 is 19.1 Å². The van der Waals surface area contributed by atoms with Crippen molar-refractivity contribution in [3.63, 3.8) is 0 Å². The summed E-state index contributed by atoms with van der Waals surface area (Å²) in [6.07, 6.45) is 4.67. The van der Waals surface area contributed by atoms with Crippen LogP contribution in [-0.4, -0.2) is 17.0 Å². The molecule has 1 saturated carbocycles. The molecule has 0 spiro atoms. The van der Waals surface area contributed by atoms with Crippen LogP contribution in [0.4, 0.5) is 5.69 Å².